The van der Waals surface area contributed by atoms with Crippen molar-refractivity contribution in [2.75, 3.05) is 14.2 Å². The zero-order valence-corrected chi connectivity index (χ0v) is 14.6. The van der Waals surface area contributed by atoms with E-state index in [2.05, 4.69) is 0 Å². The highest BCUT2D eigenvalue weighted by Crippen LogP contribution is 2.36. The number of carboxylic acid groups (broad SMARTS) is 1. The molecule has 1 aliphatic rings. The number of benzene rings is 1. The lowest BCUT2D eigenvalue weighted by Gasteiger charge is -2.26. The molecule has 1 fully saturated rings. The van der Waals surface area contributed by atoms with Crippen molar-refractivity contribution in [3.63, 3.8) is 0 Å². The van der Waals surface area contributed by atoms with E-state index >= 15 is 0 Å². The van der Waals surface area contributed by atoms with Crippen LogP contribution in [0.1, 0.15) is 31.2 Å². The van der Waals surface area contributed by atoms with Crippen LogP contribution in [0.3, 0.4) is 0 Å². The maximum atomic E-state index is 12.3. The van der Waals surface area contributed by atoms with Crippen molar-refractivity contribution in [2.45, 2.75) is 32.3 Å². The molecule has 1 aromatic carbocycles. The Morgan fingerprint density at radius 3 is 2.27 bits per heavy atom. The number of nitrogens with zero attached hydrogens (tertiary/aromatic N) is 1. The predicted octanol–water partition coefficient (Wildman–Crippen LogP) is 2.55. The lowest BCUT2D eigenvalue weighted by atomic mass is 9.79. The van der Waals surface area contributed by atoms with Gasteiger partial charge in [0.05, 0.1) is 42.6 Å². The molecule has 0 spiro atoms. The highest BCUT2D eigenvalue weighted by Gasteiger charge is 2.37. The third-order valence-corrected chi connectivity index (χ3v) is 4.54. The fourth-order valence-corrected chi connectivity index (χ4v) is 3.16. The third kappa shape index (κ3) is 4.22. The fraction of sp³-hybridized carbons (Fsp3) is 0.529. The molecular formula is C17H21NO8. The molecule has 2 atom stereocenters. The molecule has 0 unspecified atom stereocenters. The van der Waals surface area contributed by atoms with Gasteiger partial charge >= 0.3 is 11.9 Å². The average molecular weight is 367 g/mol. The number of carbonyl (C=O) groups excluding carboxylic acids is 1. The smallest absolute Gasteiger partial charge is 0.310 e. The van der Waals surface area contributed by atoms with Gasteiger partial charge in [-0.1, -0.05) is 12.8 Å². The van der Waals surface area contributed by atoms with Crippen LogP contribution in [0.5, 0.6) is 11.5 Å². The topological polar surface area (TPSA) is 125 Å². The minimum absolute atomic E-state index is 0.142. The van der Waals surface area contributed by atoms with E-state index in [1.54, 1.807) is 0 Å². The van der Waals surface area contributed by atoms with Gasteiger partial charge in [-0.15, -0.1) is 0 Å². The van der Waals surface area contributed by atoms with Gasteiger partial charge in [-0.05, 0) is 18.9 Å². The molecule has 9 nitrogen and oxygen atoms in total. The van der Waals surface area contributed by atoms with Gasteiger partial charge in [-0.2, -0.15) is 0 Å². The number of rotatable bonds is 7. The first-order chi connectivity index (χ1) is 12.4. The second-order valence-corrected chi connectivity index (χ2v) is 6.04. The van der Waals surface area contributed by atoms with Crippen molar-refractivity contribution in [1.29, 1.82) is 0 Å². The lowest BCUT2D eigenvalue weighted by molar-refractivity contribution is -0.385. The number of ether oxygens (including phenoxy) is 3. The highest BCUT2D eigenvalue weighted by atomic mass is 16.6. The molecule has 1 N–H and O–H groups in total. The molecule has 142 valence electrons. The number of aliphatic carboxylic acids is 1. The number of hydrogen-bond acceptors (Lipinski definition) is 7. The normalized spacial score (nSPS) is 19.5. The number of nitro groups is 1. The van der Waals surface area contributed by atoms with Crippen molar-refractivity contribution < 1.29 is 33.8 Å². The predicted molar refractivity (Wildman–Crippen MR) is 89.1 cm³/mol. The SMILES string of the molecule is COc1cc(COC(=O)[C@@H]2CCCC[C@@H]2C(=O)O)c([N+](=O)[O-])cc1OC. The Balaban J connectivity index is 2.18. The van der Waals surface area contributed by atoms with E-state index < -0.39 is 28.7 Å². The van der Waals surface area contributed by atoms with Crippen molar-refractivity contribution in [2.24, 2.45) is 11.8 Å². The molecular weight excluding hydrogens is 346 g/mol. The standard InChI is InChI=1S/C17H21NO8/c1-24-14-7-10(13(18(22)23)8-15(14)25-2)9-26-17(21)12-6-4-3-5-11(12)16(19)20/h7-8,11-12H,3-6,9H2,1-2H3,(H,19,20)/t11-,12+/m0/s1. The number of nitro benzene ring substituents is 1. The van der Waals surface area contributed by atoms with E-state index in [4.69, 9.17) is 14.2 Å². The van der Waals surface area contributed by atoms with Gasteiger partial charge in [0.2, 0.25) is 0 Å². The quantitative estimate of drug-likeness (QED) is 0.443. The monoisotopic (exact) mass is 367 g/mol. The molecule has 0 bridgehead atoms. The number of hydrogen-bond donors (Lipinski definition) is 1. The Kier molecular flexibility index (Phi) is 6.37. The Morgan fingerprint density at radius 1 is 1.15 bits per heavy atom. The summed E-state index contributed by atoms with van der Waals surface area (Å²) in [5.74, 6) is -2.74. The minimum atomic E-state index is -1.02. The van der Waals surface area contributed by atoms with E-state index in [1.807, 2.05) is 0 Å². The summed E-state index contributed by atoms with van der Waals surface area (Å²) in [7, 11) is 2.75. The zero-order chi connectivity index (χ0) is 19.3. The van der Waals surface area contributed by atoms with E-state index in [9.17, 15) is 24.8 Å². The van der Waals surface area contributed by atoms with Gasteiger partial charge in [-0.3, -0.25) is 19.7 Å². The van der Waals surface area contributed by atoms with E-state index in [0.29, 0.717) is 12.8 Å². The second kappa shape index (κ2) is 8.50. The Morgan fingerprint density at radius 2 is 1.73 bits per heavy atom. The summed E-state index contributed by atoms with van der Waals surface area (Å²) in [5, 5.41) is 20.5. The number of esters is 1. The summed E-state index contributed by atoms with van der Waals surface area (Å²) in [5.41, 5.74) is -0.127. The summed E-state index contributed by atoms with van der Waals surface area (Å²) in [4.78, 5) is 34.3. The van der Waals surface area contributed by atoms with Crippen LogP contribution in [0.25, 0.3) is 0 Å². The Bertz CT molecular complexity index is 702. The lowest BCUT2D eigenvalue weighted by Crippen LogP contribution is -2.33. The van der Waals surface area contributed by atoms with E-state index in [-0.39, 0.29) is 29.4 Å². The molecule has 9 heteroatoms. The molecule has 1 aliphatic carbocycles. The summed E-state index contributed by atoms with van der Waals surface area (Å²) >= 11 is 0. The van der Waals surface area contributed by atoms with Gasteiger partial charge in [0.15, 0.2) is 11.5 Å². The first-order valence-corrected chi connectivity index (χ1v) is 8.17. The van der Waals surface area contributed by atoms with E-state index in [1.165, 1.54) is 26.4 Å². The van der Waals surface area contributed by atoms with Crippen LogP contribution in [-0.4, -0.2) is 36.2 Å². The van der Waals surface area contributed by atoms with Gasteiger partial charge in [0, 0.05) is 0 Å². The number of methoxy groups -OCH3 is 2. The Hall–Kier alpha value is -2.84. The number of carbonyl (C=O) groups is 2. The third-order valence-electron chi connectivity index (χ3n) is 4.54. The van der Waals surface area contributed by atoms with Crippen molar-refractivity contribution in [1.82, 2.24) is 0 Å². The molecule has 0 radical (unpaired) electrons. The molecule has 2 rings (SSSR count). The highest BCUT2D eigenvalue weighted by molar-refractivity contribution is 5.81. The number of carboxylic acids is 1. The van der Waals surface area contributed by atoms with Crippen LogP contribution < -0.4 is 9.47 Å². The van der Waals surface area contributed by atoms with Gasteiger partial charge in [0.1, 0.15) is 6.61 Å². The van der Waals surface area contributed by atoms with Crippen LogP contribution >= 0.6 is 0 Å². The van der Waals surface area contributed by atoms with Crippen LogP contribution in [-0.2, 0) is 20.9 Å². The molecule has 0 saturated heterocycles. The molecule has 1 saturated carbocycles. The van der Waals surface area contributed by atoms with Crippen molar-refractivity contribution in [3.8, 4) is 11.5 Å². The molecule has 0 amide bonds. The maximum Gasteiger partial charge on any atom is 0.310 e. The molecule has 1 aromatic rings. The molecule has 0 aliphatic heterocycles. The van der Waals surface area contributed by atoms with Gasteiger partial charge in [0.25, 0.3) is 5.69 Å². The second-order valence-electron chi connectivity index (χ2n) is 6.04. The first-order valence-electron chi connectivity index (χ1n) is 8.17. The van der Waals surface area contributed by atoms with Crippen LogP contribution in [0.15, 0.2) is 12.1 Å². The summed E-state index contributed by atoms with van der Waals surface area (Å²) < 4.78 is 15.4. The average Bonchev–Trinajstić information content (AvgIpc) is 2.64. The summed E-state index contributed by atoms with van der Waals surface area (Å²) in [6, 6.07) is 2.57. The van der Waals surface area contributed by atoms with E-state index in [0.717, 1.165) is 12.8 Å². The van der Waals surface area contributed by atoms with Crippen LogP contribution in [0.2, 0.25) is 0 Å². The minimum Gasteiger partial charge on any atom is -0.493 e. The summed E-state index contributed by atoms with van der Waals surface area (Å²) in [6.07, 6.45) is 2.36. The van der Waals surface area contributed by atoms with Gasteiger partial charge in [-0.25, -0.2) is 0 Å². The van der Waals surface area contributed by atoms with Crippen molar-refractivity contribution in [3.05, 3.63) is 27.8 Å². The van der Waals surface area contributed by atoms with Gasteiger partial charge < -0.3 is 19.3 Å². The Labute approximate surface area is 150 Å². The van der Waals surface area contributed by atoms with Crippen LogP contribution in [0.4, 0.5) is 5.69 Å². The zero-order valence-electron chi connectivity index (χ0n) is 14.6. The van der Waals surface area contributed by atoms with Crippen LogP contribution in [0, 0.1) is 22.0 Å². The molecule has 26 heavy (non-hydrogen) atoms. The largest absolute Gasteiger partial charge is 0.493 e. The molecule has 0 aromatic heterocycles. The van der Waals surface area contributed by atoms with Crippen molar-refractivity contribution >= 4 is 17.6 Å². The maximum absolute atomic E-state index is 12.3. The summed E-state index contributed by atoms with van der Waals surface area (Å²) in [6.45, 7) is -0.349. The molecule has 0 heterocycles. The fourth-order valence-electron chi connectivity index (χ4n) is 3.16. The first kappa shape index (κ1) is 19.5.